The Hall–Kier alpha value is -3.11. The molecule has 23 heavy (non-hydrogen) atoms. The van der Waals surface area contributed by atoms with Crippen LogP contribution in [0.1, 0.15) is 5.56 Å². The van der Waals surface area contributed by atoms with Gasteiger partial charge in [-0.2, -0.15) is 15.5 Å². The Labute approximate surface area is 136 Å². The van der Waals surface area contributed by atoms with Crippen molar-refractivity contribution in [3.63, 3.8) is 0 Å². The van der Waals surface area contributed by atoms with Gasteiger partial charge in [0.15, 0.2) is 5.82 Å². The molecule has 0 fully saturated rings. The standard InChI is InChI=1S/C15H11ClN6O/c16-12-8-18-21(9-12)10-14(23)20-15-11(6-17)7-19-22(15)13-4-2-1-3-5-13/h1-5,7-9H,10H2,(H,20,23). The van der Waals surface area contributed by atoms with E-state index in [0.29, 0.717) is 10.8 Å². The fourth-order valence-corrected chi connectivity index (χ4v) is 2.22. The van der Waals surface area contributed by atoms with Gasteiger partial charge in [0.05, 0.1) is 23.1 Å². The summed E-state index contributed by atoms with van der Waals surface area (Å²) in [6, 6.07) is 11.2. The average Bonchev–Trinajstić information content (AvgIpc) is 3.14. The average molecular weight is 327 g/mol. The third-order valence-corrected chi connectivity index (χ3v) is 3.25. The van der Waals surface area contributed by atoms with E-state index in [4.69, 9.17) is 11.6 Å². The van der Waals surface area contributed by atoms with Crippen LogP contribution in [-0.4, -0.2) is 25.5 Å². The highest BCUT2D eigenvalue weighted by Crippen LogP contribution is 2.19. The lowest BCUT2D eigenvalue weighted by Crippen LogP contribution is -2.21. The predicted octanol–water partition coefficient (Wildman–Crippen LogP) is 2.23. The number of para-hydroxylation sites is 1. The minimum absolute atomic E-state index is 0.0163. The van der Waals surface area contributed by atoms with Gasteiger partial charge in [-0.15, -0.1) is 0 Å². The van der Waals surface area contributed by atoms with Crippen LogP contribution in [-0.2, 0) is 11.3 Å². The number of halogens is 1. The van der Waals surface area contributed by atoms with E-state index < -0.39 is 0 Å². The highest BCUT2D eigenvalue weighted by atomic mass is 35.5. The molecule has 0 saturated heterocycles. The van der Waals surface area contributed by atoms with Crippen molar-refractivity contribution in [1.82, 2.24) is 19.6 Å². The molecule has 2 heterocycles. The Balaban J connectivity index is 1.86. The second-order valence-corrected chi connectivity index (χ2v) is 5.11. The number of carbonyl (C=O) groups excluding carboxylic acids is 1. The monoisotopic (exact) mass is 326 g/mol. The molecule has 0 saturated carbocycles. The van der Waals surface area contributed by atoms with Gasteiger partial charge in [0.2, 0.25) is 5.91 Å². The van der Waals surface area contributed by atoms with Crippen molar-refractivity contribution < 1.29 is 4.79 Å². The minimum atomic E-state index is -0.334. The number of nitrogens with zero attached hydrogens (tertiary/aromatic N) is 5. The van der Waals surface area contributed by atoms with Crippen LogP contribution in [0.2, 0.25) is 5.02 Å². The van der Waals surface area contributed by atoms with Crippen LogP contribution < -0.4 is 5.32 Å². The number of carbonyl (C=O) groups is 1. The second kappa shape index (κ2) is 6.34. The van der Waals surface area contributed by atoms with Crippen molar-refractivity contribution >= 4 is 23.3 Å². The Morgan fingerprint density at radius 3 is 2.70 bits per heavy atom. The van der Waals surface area contributed by atoms with Crippen molar-refractivity contribution in [2.24, 2.45) is 0 Å². The summed E-state index contributed by atoms with van der Waals surface area (Å²) in [5, 5.41) is 20.4. The third-order valence-electron chi connectivity index (χ3n) is 3.06. The number of hydrogen-bond acceptors (Lipinski definition) is 4. The Morgan fingerprint density at radius 2 is 2.04 bits per heavy atom. The number of amides is 1. The van der Waals surface area contributed by atoms with E-state index >= 15 is 0 Å². The van der Waals surface area contributed by atoms with E-state index in [1.54, 1.807) is 6.20 Å². The zero-order valence-electron chi connectivity index (χ0n) is 11.8. The Bertz CT molecular complexity index is 877. The number of rotatable bonds is 4. The first-order valence-corrected chi connectivity index (χ1v) is 7.06. The lowest BCUT2D eigenvalue weighted by molar-refractivity contribution is -0.116. The topological polar surface area (TPSA) is 88.5 Å². The maximum atomic E-state index is 12.2. The molecule has 0 spiro atoms. The maximum Gasteiger partial charge on any atom is 0.247 e. The second-order valence-electron chi connectivity index (χ2n) is 4.67. The zero-order valence-corrected chi connectivity index (χ0v) is 12.6. The number of nitrogens with one attached hydrogen (secondary N) is 1. The minimum Gasteiger partial charge on any atom is -0.308 e. The van der Waals surface area contributed by atoms with Crippen molar-refractivity contribution in [3.05, 3.63) is 59.5 Å². The normalized spacial score (nSPS) is 10.3. The van der Waals surface area contributed by atoms with Gasteiger partial charge in [0, 0.05) is 6.20 Å². The van der Waals surface area contributed by atoms with Gasteiger partial charge in [-0.3, -0.25) is 9.48 Å². The van der Waals surface area contributed by atoms with Gasteiger partial charge in [0.25, 0.3) is 0 Å². The smallest absolute Gasteiger partial charge is 0.247 e. The number of aromatic nitrogens is 4. The zero-order chi connectivity index (χ0) is 16.2. The van der Waals surface area contributed by atoms with Gasteiger partial charge < -0.3 is 5.32 Å². The summed E-state index contributed by atoms with van der Waals surface area (Å²) in [6.45, 7) is -0.0163. The van der Waals surface area contributed by atoms with Gasteiger partial charge >= 0.3 is 0 Å². The fraction of sp³-hybridized carbons (Fsp3) is 0.0667. The van der Waals surface area contributed by atoms with Gasteiger partial charge in [-0.05, 0) is 12.1 Å². The molecule has 2 aromatic heterocycles. The maximum absolute atomic E-state index is 12.2. The lowest BCUT2D eigenvalue weighted by atomic mass is 10.3. The number of anilines is 1. The summed E-state index contributed by atoms with van der Waals surface area (Å²) in [5.41, 5.74) is 1.02. The van der Waals surface area contributed by atoms with Crippen molar-refractivity contribution in [1.29, 1.82) is 5.26 Å². The molecule has 0 aliphatic carbocycles. The molecule has 3 aromatic rings. The predicted molar refractivity (Wildman–Crippen MR) is 84.1 cm³/mol. The van der Waals surface area contributed by atoms with Crippen LogP contribution in [0.25, 0.3) is 5.69 Å². The lowest BCUT2D eigenvalue weighted by Gasteiger charge is -2.09. The fourth-order valence-electron chi connectivity index (χ4n) is 2.06. The van der Waals surface area contributed by atoms with Crippen LogP contribution in [0, 0.1) is 11.3 Å². The Kier molecular flexibility index (Phi) is 4.08. The molecule has 0 aliphatic heterocycles. The molecular weight excluding hydrogens is 316 g/mol. The molecular formula is C15H11ClN6O. The summed E-state index contributed by atoms with van der Waals surface area (Å²) in [4.78, 5) is 12.2. The SMILES string of the molecule is N#Cc1cnn(-c2ccccc2)c1NC(=O)Cn1cc(Cl)cn1. The van der Waals surface area contributed by atoms with E-state index in [1.807, 2.05) is 36.4 Å². The van der Waals surface area contributed by atoms with Crippen molar-refractivity contribution in [2.45, 2.75) is 6.54 Å². The van der Waals surface area contributed by atoms with Crippen molar-refractivity contribution in [2.75, 3.05) is 5.32 Å². The molecule has 0 unspecified atom stereocenters. The molecule has 1 amide bonds. The van der Waals surface area contributed by atoms with E-state index in [1.165, 1.54) is 21.8 Å². The van der Waals surface area contributed by atoms with Crippen LogP contribution in [0.15, 0.2) is 48.9 Å². The molecule has 3 rings (SSSR count). The van der Waals surface area contributed by atoms with Crippen LogP contribution >= 0.6 is 11.6 Å². The van der Waals surface area contributed by atoms with Crippen LogP contribution in [0.4, 0.5) is 5.82 Å². The van der Waals surface area contributed by atoms with Crippen LogP contribution in [0.5, 0.6) is 0 Å². The quantitative estimate of drug-likeness (QED) is 0.796. The Morgan fingerprint density at radius 1 is 1.26 bits per heavy atom. The first-order chi connectivity index (χ1) is 11.2. The first-order valence-electron chi connectivity index (χ1n) is 6.69. The highest BCUT2D eigenvalue weighted by molar-refractivity contribution is 6.30. The largest absolute Gasteiger partial charge is 0.308 e. The van der Waals surface area contributed by atoms with E-state index in [-0.39, 0.29) is 18.0 Å². The van der Waals surface area contributed by atoms with E-state index in [9.17, 15) is 10.1 Å². The van der Waals surface area contributed by atoms with E-state index in [0.717, 1.165) is 5.69 Å². The third kappa shape index (κ3) is 3.22. The molecule has 114 valence electrons. The van der Waals surface area contributed by atoms with Crippen LogP contribution in [0.3, 0.4) is 0 Å². The summed E-state index contributed by atoms with van der Waals surface area (Å²) in [6.07, 6.45) is 4.40. The molecule has 1 N–H and O–H groups in total. The van der Waals surface area contributed by atoms with Gasteiger partial charge in [0.1, 0.15) is 18.2 Å². The summed E-state index contributed by atoms with van der Waals surface area (Å²) >= 11 is 5.77. The summed E-state index contributed by atoms with van der Waals surface area (Å²) in [5.74, 6) is -0.0131. The van der Waals surface area contributed by atoms with Crippen molar-refractivity contribution in [3.8, 4) is 11.8 Å². The first kappa shape index (κ1) is 14.8. The molecule has 1 aromatic carbocycles. The molecule has 0 radical (unpaired) electrons. The van der Waals surface area contributed by atoms with Gasteiger partial charge in [-0.1, -0.05) is 29.8 Å². The summed E-state index contributed by atoms with van der Waals surface area (Å²) < 4.78 is 2.92. The summed E-state index contributed by atoms with van der Waals surface area (Å²) in [7, 11) is 0. The van der Waals surface area contributed by atoms with E-state index in [2.05, 4.69) is 15.5 Å². The molecule has 0 bridgehead atoms. The highest BCUT2D eigenvalue weighted by Gasteiger charge is 2.15. The molecule has 7 nitrogen and oxygen atoms in total. The van der Waals surface area contributed by atoms with Gasteiger partial charge in [-0.25, -0.2) is 4.68 Å². The number of hydrogen-bond donors (Lipinski definition) is 1. The molecule has 0 atom stereocenters. The number of benzene rings is 1. The number of nitriles is 1. The molecule has 8 heteroatoms. The molecule has 0 aliphatic rings.